The van der Waals surface area contributed by atoms with Crippen molar-refractivity contribution in [3.63, 3.8) is 0 Å². The van der Waals surface area contributed by atoms with E-state index in [-0.39, 0.29) is 37.6 Å². The van der Waals surface area contributed by atoms with E-state index in [4.69, 9.17) is 4.74 Å². The summed E-state index contributed by atoms with van der Waals surface area (Å²) in [5.74, 6) is -2.48. The Morgan fingerprint density at radius 1 is 0.918 bits per heavy atom. The number of hydrogen-bond donors (Lipinski definition) is 6. The van der Waals surface area contributed by atoms with Gasteiger partial charge in [0.2, 0.25) is 23.6 Å². The number of nitrogens with one attached hydrogen (secondary N) is 6. The molecule has 1 aliphatic heterocycles. The van der Waals surface area contributed by atoms with Crippen LogP contribution in [-0.4, -0.2) is 71.8 Å². The predicted octanol–water partition coefficient (Wildman–Crippen LogP) is 2.54. The molecule has 0 saturated heterocycles. The van der Waals surface area contributed by atoms with Crippen molar-refractivity contribution in [2.24, 2.45) is 0 Å². The quantitative estimate of drug-likeness (QED) is 0.185. The van der Waals surface area contributed by atoms with E-state index in [2.05, 4.69) is 31.6 Å². The summed E-state index contributed by atoms with van der Waals surface area (Å²) in [5, 5.41) is 14.9. The van der Waals surface area contributed by atoms with Crippen molar-refractivity contribution < 1.29 is 28.7 Å². The fraction of sp³-hybridized carbons (Fsp3) is 0.324. The topological polar surface area (TPSA) is 171 Å². The minimum atomic E-state index is -1.46. The van der Waals surface area contributed by atoms with Crippen molar-refractivity contribution in [3.8, 4) is 5.75 Å². The summed E-state index contributed by atoms with van der Waals surface area (Å²) < 4.78 is 5.90. The van der Waals surface area contributed by atoms with Gasteiger partial charge in [0.25, 0.3) is 5.91 Å². The first-order valence-electron chi connectivity index (χ1n) is 16.4. The van der Waals surface area contributed by atoms with Gasteiger partial charge in [-0.3, -0.25) is 24.0 Å². The fourth-order valence-corrected chi connectivity index (χ4v) is 5.64. The molecule has 0 bridgehead atoms. The molecule has 5 rings (SSSR count). The molecule has 6 N–H and O–H groups in total. The third-order valence-electron chi connectivity index (χ3n) is 8.31. The summed E-state index contributed by atoms with van der Waals surface area (Å²) >= 11 is 0. The Hall–Kier alpha value is -5.65. The van der Waals surface area contributed by atoms with Crippen molar-refractivity contribution in [2.45, 2.75) is 57.2 Å². The molecule has 0 saturated carbocycles. The average Bonchev–Trinajstić information content (AvgIpc) is 3.50. The number of H-pyrrole nitrogens is 1. The number of amides is 5. The molecular formula is C37H42N6O6. The molecule has 2 atom stereocenters. The highest BCUT2D eigenvalue weighted by Crippen LogP contribution is 2.20. The predicted molar refractivity (Wildman–Crippen MR) is 185 cm³/mol. The summed E-state index contributed by atoms with van der Waals surface area (Å²) in [4.78, 5) is 70.4. The van der Waals surface area contributed by atoms with Gasteiger partial charge in [-0.1, -0.05) is 60.7 Å². The van der Waals surface area contributed by atoms with Crippen LogP contribution in [0.4, 0.5) is 0 Å². The van der Waals surface area contributed by atoms with Gasteiger partial charge in [-0.25, -0.2) is 0 Å². The van der Waals surface area contributed by atoms with E-state index in [0.29, 0.717) is 18.6 Å². The smallest absolute Gasteiger partial charge is 0.255 e. The molecule has 0 spiro atoms. The number of ether oxygens (including phenoxy) is 1. The Morgan fingerprint density at radius 2 is 1.65 bits per heavy atom. The van der Waals surface area contributed by atoms with Crippen LogP contribution < -0.4 is 31.3 Å². The Labute approximate surface area is 284 Å². The van der Waals surface area contributed by atoms with Crippen molar-refractivity contribution in [3.05, 3.63) is 102 Å². The van der Waals surface area contributed by atoms with Gasteiger partial charge >= 0.3 is 0 Å². The second-order valence-corrected chi connectivity index (χ2v) is 12.5. The molecule has 1 aliphatic rings. The molecule has 1 aromatic heterocycles. The van der Waals surface area contributed by atoms with E-state index in [1.54, 1.807) is 24.3 Å². The molecule has 256 valence electrons. The molecule has 0 aliphatic carbocycles. The third kappa shape index (κ3) is 9.25. The van der Waals surface area contributed by atoms with Crippen molar-refractivity contribution in [2.75, 3.05) is 19.7 Å². The van der Waals surface area contributed by atoms with Gasteiger partial charge in [0, 0.05) is 36.6 Å². The number of hydrogen-bond acceptors (Lipinski definition) is 6. The van der Waals surface area contributed by atoms with Crippen LogP contribution in [-0.2, 0) is 32.0 Å². The van der Waals surface area contributed by atoms with Gasteiger partial charge in [-0.2, -0.15) is 0 Å². The maximum absolute atomic E-state index is 13.5. The number of carbonyl (C=O) groups excluding carboxylic acids is 5. The molecular weight excluding hydrogens is 624 g/mol. The largest absolute Gasteiger partial charge is 0.493 e. The van der Waals surface area contributed by atoms with E-state index >= 15 is 0 Å². The standard InChI is InChI=1S/C37H42N6O6/c1-37(2)36(48)42-29(21-24-11-4-3-5-12-24)34(46)38-18-10-20-49-31-16-9-7-14-27(31)33(45)41-30(22-32(44)43-37)35(47)39-19-17-25-23-40-28-15-8-6-13-26(25)28/h3-9,11-16,23,29-30,40H,10,17-22H2,1-2H3,(H,38,46)(H,39,47)(H,41,45)(H,42,48)(H,43,44)/t29-,30-/m0/s1. The van der Waals surface area contributed by atoms with Crippen LogP contribution in [0, 0.1) is 0 Å². The monoisotopic (exact) mass is 666 g/mol. The van der Waals surface area contributed by atoms with Crippen LogP contribution in [0.5, 0.6) is 5.75 Å². The Bertz CT molecular complexity index is 1800. The Balaban J connectivity index is 1.35. The number of rotatable bonds is 6. The lowest BCUT2D eigenvalue weighted by atomic mass is 10.00. The summed E-state index contributed by atoms with van der Waals surface area (Å²) in [5.41, 5.74) is 1.57. The van der Waals surface area contributed by atoms with Crippen LogP contribution >= 0.6 is 0 Å². The van der Waals surface area contributed by atoms with Gasteiger partial charge in [0.1, 0.15) is 23.4 Å². The fourth-order valence-electron chi connectivity index (χ4n) is 5.64. The lowest BCUT2D eigenvalue weighted by Gasteiger charge is -2.29. The molecule has 49 heavy (non-hydrogen) atoms. The number of fused-ring (bicyclic) bond motifs is 2. The second kappa shape index (κ2) is 16.0. The second-order valence-electron chi connectivity index (χ2n) is 12.5. The first kappa shape index (κ1) is 34.7. The third-order valence-corrected chi connectivity index (χ3v) is 8.31. The van der Waals surface area contributed by atoms with Gasteiger partial charge in [-0.15, -0.1) is 0 Å². The molecule has 12 heteroatoms. The van der Waals surface area contributed by atoms with Crippen molar-refractivity contribution in [1.29, 1.82) is 0 Å². The molecule has 4 aromatic rings. The maximum Gasteiger partial charge on any atom is 0.255 e. The van der Waals surface area contributed by atoms with Gasteiger partial charge in [0.05, 0.1) is 18.6 Å². The normalized spacial score (nSPS) is 19.1. The molecule has 12 nitrogen and oxygen atoms in total. The SMILES string of the molecule is CC1(C)NC(=O)C[C@@H](C(=O)NCCc2c[nH]c3ccccc23)NC(=O)c2ccccc2OCCCNC(=O)[C@H](Cc2ccccc2)NC1=O. The van der Waals surface area contributed by atoms with Gasteiger partial charge in [-0.05, 0) is 56.0 Å². The van der Waals surface area contributed by atoms with Crippen LogP contribution in [0.15, 0.2) is 85.1 Å². The van der Waals surface area contributed by atoms with Gasteiger partial charge in [0.15, 0.2) is 0 Å². The summed E-state index contributed by atoms with van der Waals surface area (Å²) in [6, 6.07) is 21.6. The molecule has 0 unspecified atom stereocenters. The lowest BCUT2D eigenvalue weighted by Crippen LogP contribution is -2.60. The highest BCUT2D eigenvalue weighted by molar-refractivity contribution is 6.01. The molecule has 5 amide bonds. The van der Waals surface area contributed by atoms with E-state index in [0.717, 1.165) is 22.0 Å². The zero-order valence-corrected chi connectivity index (χ0v) is 27.6. The van der Waals surface area contributed by atoms with Crippen LogP contribution in [0.3, 0.4) is 0 Å². The van der Waals surface area contributed by atoms with Crippen LogP contribution in [0.1, 0.15) is 48.2 Å². The minimum Gasteiger partial charge on any atom is -0.493 e. The van der Waals surface area contributed by atoms with E-state index in [1.807, 2.05) is 60.8 Å². The summed E-state index contributed by atoms with van der Waals surface area (Å²) in [6.45, 7) is 3.73. The highest BCUT2D eigenvalue weighted by atomic mass is 16.5. The van der Waals surface area contributed by atoms with Crippen molar-refractivity contribution in [1.82, 2.24) is 31.6 Å². The lowest BCUT2D eigenvalue weighted by molar-refractivity contribution is -0.135. The zero-order chi connectivity index (χ0) is 34.8. The Kier molecular flexibility index (Phi) is 11.3. The number of aromatic nitrogens is 1. The number of carbonyl (C=O) groups is 5. The van der Waals surface area contributed by atoms with E-state index < -0.39 is 47.7 Å². The first-order valence-corrected chi connectivity index (χ1v) is 16.4. The van der Waals surface area contributed by atoms with Crippen molar-refractivity contribution >= 4 is 40.4 Å². The van der Waals surface area contributed by atoms with Crippen LogP contribution in [0.2, 0.25) is 0 Å². The highest BCUT2D eigenvalue weighted by Gasteiger charge is 2.35. The minimum absolute atomic E-state index is 0.187. The number of para-hydroxylation sites is 2. The molecule has 2 heterocycles. The first-order chi connectivity index (χ1) is 23.6. The average molecular weight is 667 g/mol. The summed E-state index contributed by atoms with van der Waals surface area (Å²) in [7, 11) is 0. The maximum atomic E-state index is 13.5. The zero-order valence-electron chi connectivity index (χ0n) is 27.6. The van der Waals surface area contributed by atoms with E-state index in [1.165, 1.54) is 13.8 Å². The Morgan fingerprint density at radius 3 is 2.47 bits per heavy atom. The summed E-state index contributed by atoms with van der Waals surface area (Å²) in [6.07, 6.45) is 2.62. The number of aromatic amines is 1. The molecule has 0 radical (unpaired) electrons. The van der Waals surface area contributed by atoms with Crippen LogP contribution in [0.25, 0.3) is 10.9 Å². The molecule has 0 fully saturated rings. The number of benzene rings is 3. The van der Waals surface area contributed by atoms with E-state index in [9.17, 15) is 24.0 Å². The molecule has 3 aromatic carbocycles. The van der Waals surface area contributed by atoms with Gasteiger partial charge < -0.3 is 36.3 Å².